The first-order valence-corrected chi connectivity index (χ1v) is 15.4. The zero-order valence-corrected chi connectivity index (χ0v) is 23.6. The molecule has 0 radical (unpaired) electrons. The van der Waals surface area contributed by atoms with E-state index >= 15 is 0 Å². The Labute approximate surface area is 227 Å². The molecule has 0 heterocycles. The first-order chi connectivity index (χ1) is 18.2. The van der Waals surface area contributed by atoms with Crippen molar-refractivity contribution in [3.8, 4) is 5.75 Å². The lowest BCUT2D eigenvalue weighted by atomic mass is 9.95. The van der Waals surface area contributed by atoms with E-state index in [0.717, 1.165) is 41.8 Å². The number of carbonyl (C=O) groups excluding carboxylic acids is 2. The van der Waals surface area contributed by atoms with Gasteiger partial charge in [-0.2, -0.15) is 0 Å². The Bertz CT molecular complexity index is 1130. The molecule has 0 spiro atoms. The average Bonchev–Trinajstić information content (AvgIpc) is 2.90. The van der Waals surface area contributed by atoms with Gasteiger partial charge in [0, 0.05) is 12.6 Å². The molecule has 2 amide bonds. The van der Waals surface area contributed by atoms with E-state index in [0.29, 0.717) is 37.4 Å². The highest BCUT2D eigenvalue weighted by Crippen LogP contribution is 2.23. The molecule has 1 fully saturated rings. The summed E-state index contributed by atoms with van der Waals surface area (Å²) in [5, 5.41) is 3.16. The lowest BCUT2D eigenvalue weighted by molar-refractivity contribution is -0.140. The van der Waals surface area contributed by atoms with Crippen molar-refractivity contribution in [2.45, 2.75) is 70.9 Å². The van der Waals surface area contributed by atoms with Crippen LogP contribution in [0.2, 0.25) is 0 Å². The molecule has 1 aliphatic rings. The van der Waals surface area contributed by atoms with Crippen molar-refractivity contribution in [1.29, 1.82) is 0 Å². The normalized spacial score (nSPS) is 14.9. The van der Waals surface area contributed by atoms with Crippen molar-refractivity contribution in [3.05, 3.63) is 60.2 Å². The number of carbonyl (C=O) groups is 2. The Kier molecular flexibility index (Phi) is 11.0. The molecule has 1 N–H and O–H groups in total. The standard InChI is InChI=1S/C29H41N3O5S/c1-4-27(29(34)30-24-14-10-7-11-15-24)31(21-20-23-12-8-6-9-13-23)28(33)22-32(38(3,35)36)25-16-18-26(19-17-25)37-5-2/h6,8-9,12-13,16-19,24,27H,4-5,7,10-11,14-15,20-22H2,1-3H3,(H,30,34). The zero-order valence-electron chi connectivity index (χ0n) is 22.8. The maximum absolute atomic E-state index is 13.8. The number of sulfonamides is 1. The largest absolute Gasteiger partial charge is 0.494 e. The molecule has 38 heavy (non-hydrogen) atoms. The van der Waals surface area contributed by atoms with E-state index in [1.165, 1.54) is 6.42 Å². The van der Waals surface area contributed by atoms with Gasteiger partial charge in [-0.05, 0) is 62.4 Å². The van der Waals surface area contributed by atoms with E-state index in [1.807, 2.05) is 44.2 Å². The molecule has 9 heteroatoms. The summed E-state index contributed by atoms with van der Waals surface area (Å²) in [6.07, 6.45) is 7.31. The predicted octanol–water partition coefficient (Wildman–Crippen LogP) is 4.15. The monoisotopic (exact) mass is 543 g/mol. The Hall–Kier alpha value is -3.07. The Morgan fingerprint density at radius 3 is 2.24 bits per heavy atom. The number of anilines is 1. The van der Waals surface area contributed by atoms with Gasteiger partial charge in [-0.15, -0.1) is 0 Å². The second-order valence-corrected chi connectivity index (χ2v) is 11.7. The molecule has 3 rings (SSSR count). The Morgan fingerprint density at radius 1 is 1.00 bits per heavy atom. The van der Waals surface area contributed by atoms with Gasteiger partial charge in [0.1, 0.15) is 18.3 Å². The summed E-state index contributed by atoms with van der Waals surface area (Å²) >= 11 is 0. The molecule has 1 saturated carbocycles. The molecule has 1 aliphatic carbocycles. The summed E-state index contributed by atoms with van der Waals surface area (Å²) in [7, 11) is -3.77. The first-order valence-electron chi connectivity index (χ1n) is 13.6. The number of hydrogen-bond donors (Lipinski definition) is 1. The van der Waals surface area contributed by atoms with Crippen LogP contribution in [0.15, 0.2) is 54.6 Å². The van der Waals surface area contributed by atoms with E-state index in [2.05, 4.69) is 5.32 Å². The summed E-state index contributed by atoms with van der Waals surface area (Å²) in [6, 6.07) is 15.8. The van der Waals surface area contributed by atoms with Crippen molar-refractivity contribution >= 4 is 27.5 Å². The lowest BCUT2D eigenvalue weighted by Crippen LogP contribution is -2.54. The molecule has 208 valence electrons. The van der Waals surface area contributed by atoms with Gasteiger partial charge in [0.2, 0.25) is 21.8 Å². The highest BCUT2D eigenvalue weighted by Gasteiger charge is 2.32. The molecule has 0 bridgehead atoms. The quantitative estimate of drug-likeness (QED) is 0.410. The number of rotatable bonds is 13. The minimum Gasteiger partial charge on any atom is -0.494 e. The van der Waals surface area contributed by atoms with Gasteiger partial charge in [-0.25, -0.2) is 8.42 Å². The maximum atomic E-state index is 13.8. The van der Waals surface area contributed by atoms with Crippen LogP contribution < -0.4 is 14.4 Å². The van der Waals surface area contributed by atoms with Crippen LogP contribution in [-0.2, 0) is 26.0 Å². The van der Waals surface area contributed by atoms with E-state index in [1.54, 1.807) is 29.2 Å². The van der Waals surface area contributed by atoms with E-state index in [9.17, 15) is 18.0 Å². The smallest absolute Gasteiger partial charge is 0.244 e. The van der Waals surface area contributed by atoms with Gasteiger partial charge in [-0.1, -0.05) is 56.5 Å². The molecule has 0 saturated heterocycles. The lowest BCUT2D eigenvalue weighted by Gasteiger charge is -2.34. The first kappa shape index (κ1) is 29.5. The summed E-state index contributed by atoms with van der Waals surface area (Å²) in [5.41, 5.74) is 1.41. The van der Waals surface area contributed by atoms with Crippen molar-refractivity contribution in [2.75, 3.05) is 30.3 Å². The highest BCUT2D eigenvalue weighted by molar-refractivity contribution is 7.92. The van der Waals surface area contributed by atoms with E-state index < -0.39 is 28.5 Å². The third-order valence-electron chi connectivity index (χ3n) is 6.94. The minimum absolute atomic E-state index is 0.118. The Morgan fingerprint density at radius 2 is 1.66 bits per heavy atom. The number of nitrogens with one attached hydrogen (secondary N) is 1. The van der Waals surface area contributed by atoms with Gasteiger partial charge in [-0.3, -0.25) is 13.9 Å². The third-order valence-corrected chi connectivity index (χ3v) is 8.08. The van der Waals surface area contributed by atoms with Crippen LogP contribution in [0.5, 0.6) is 5.75 Å². The molecular weight excluding hydrogens is 502 g/mol. The molecule has 2 aromatic carbocycles. The van der Waals surface area contributed by atoms with Crippen molar-refractivity contribution in [2.24, 2.45) is 0 Å². The van der Waals surface area contributed by atoms with Crippen LogP contribution in [0.3, 0.4) is 0 Å². The summed E-state index contributed by atoms with van der Waals surface area (Å²) in [5.74, 6) is 0.0321. The summed E-state index contributed by atoms with van der Waals surface area (Å²) < 4.78 is 32.1. The molecule has 0 aromatic heterocycles. The van der Waals surface area contributed by atoms with E-state index in [-0.39, 0.29) is 11.9 Å². The van der Waals surface area contributed by atoms with Crippen LogP contribution in [0, 0.1) is 0 Å². The number of nitrogens with zero attached hydrogens (tertiary/aromatic N) is 2. The van der Waals surface area contributed by atoms with Crippen LogP contribution in [0.25, 0.3) is 0 Å². The SMILES string of the molecule is CCOc1ccc(N(CC(=O)N(CCc2ccccc2)C(CC)C(=O)NC2CCCCC2)S(C)(=O)=O)cc1. The van der Waals surface area contributed by atoms with Crippen LogP contribution in [0.4, 0.5) is 5.69 Å². The van der Waals surface area contributed by atoms with Gasteiger partial charge >= 0.3 is 0 Å². The summed E-state index contributed by atoms with van der Waals surface area (Å²) in [4.78, 5) is 28.7. The van der Waals surface area contributed by atoms with Crippen LogP contribution in [-0.4, -0.2) is 63.2 Å². The fourth-order valence-electron chi connectivity index (χ4n) is 4.93. The Balaban J connectivity index is 1.84. The number of ether oxygens (including phenoxy) is 1. The fourth-order valence-corrected chi connectivity index (χ4v) is 5.78. The topological polar surface area (TPSA) is 96.0 Å². The van der Waals surface area contributed by atoms with E-state index in [4.69, 9.17) is 4.74 Å². The molecule has 1 unspecified atom stereocenters. The maximum Gasteiger partial charge on any atom is 0.244 e. The summed E-state index contributed by atoms with van der Waals surface area (Å²) in [6.45, 7) is 4.16. The van der Waals surface area contributed by atoms with Gasteiger partial charge in [0.15, 0.2) is 0 Å². The van der Waals surface area contributed by atoms with Crippen LogP contribution >= 0.6 is 0 Å². The third kappa shape index (κ3) is 8.48. The number of benzene rings is 2. The van der Waals surface area contributed by atoms with Crippen LogP contribution in [0.1, 0.15) is 57.9 Å². The van der Waals surface area contributed by atoms with Crippen molar-refractivity contribution < 1.29 is 22.7 Å². The molecule has 0 aliphatic heterocycles. The molecule has 1 atom stereocenters. The second-order valence-electron chi connectivity index (χ2n) is 9.79. The van der Waals surface area contributed by atoms with Gasteiger partial charge in [0.05, 0.1) is 18.6 Å². The minimum atomic E-state index is -3.77. The molecule has 2 aromatic rings. The average molecular weight is 544 g/mol. The number of amides is 2. The van der Waals surface area contributed by atoms with Gasteiger partial charge in [0.25, 0.3) is 0 Å². The van der Waals surface area contributed by atoms with Crippen molar-refractivity contribution in [3.63, 3.8) is 0 Å². The second kappa shape index (κ2) is 14.2. The molecular formula is C29H41N3O5S. The van der Waals surface area contributed by atoms with Crippen molar-refractivity contribution in [1.82, 2.24) is 10.2 Å². The molecule has 8 nitrogen and oxygen atoms in total. The highest BCUT2D eigenvalue weighted by atomic mass is 32.2. The zero-order chi connectivity index (χ0) is 27.5. The predicted molar refractivity (Wildman–Crippen MR) is 151 cm³/mol. The fraction of sp³-hybridized carbons (Fsp3) is 0.517. The number of hydrogen-bond acceptors (Lipinski definition) is 5. The van der Waals surface area contributed by atoms with Gasteiger partial charge < -0.3 is 15.0 Å².